The maximum Gasteiger partial charge on any atom is 0.319 e. The van der Waals surface area contributed by atoms with Crippen molar-refractivity contribution in [2.75, 3.05) is 70.8 Å². The molecule has 3 aliphatic rings. The number of hydrogen-bond donors (Lipinski definition) is 6. The predicted molar refractivity (Wildman–Crippen MR) is 233 cm³/mol. The zero-order valence-electron chi connectivity index (χ0n) is 36.1. The van der Waals surface area contributed by atoms with Crippen molar-refractivity contribution in [2.45, 2.75) is 50.9 Å². The van der Waals surface area contributed by atoms with Crippen LogP contribution >= 0.6 is 0 Å². The van der Waals surface area contributed by atoms with E-state index in [-0.39, 0.29) is 81.5 Å². The quantitative estimate of drug-likeness (QED) is 0.0626. The van der Waals surface area contributed by atoms with Gasteiger partial charge >= 0.3 is 6.03 Å². The van der Waals surface area contributed by atoms with E-state index in [1.54, 1.807) is 41.3 Å². The summed E-state index contributed by atoms with van der Waals surface area (Å²) in [4.78, 5) is 94.7. The Morgan fingerprint density at radius 1 is 0.859 bits per heavy atom. The van der Waals surface area contributed by atoms with Crippen molar-refractivity contribution in [1.82, 2.24) is 40.8 Å². The number of likely N-dealkylation sites (N-methyl/N-ethyl adjacent to an activating group) is 1. The molecule has 1 fully saturated rings. The standard InChI is InChI=1S/C45H52N10O9/c1-45(2)37-31(25-54(45)44(62)48-33(26-53(3)4)27-9-6-5-7-10-27)38(52-51-37)50-40(58)29-15-13-28(14-16-29)39(57)47-20-22-64-24-23-63-21-19-46-32-12-8-11-30-36(32)43(61)55(42(30)60)34-17-18-35(56)49-41(34)59/h5-16,33-34,46H,17-26H2,1-4H3,(H,47,57)(H,48,62)(H,49,56,59)(H2,50,51,52,58)/t33-,34?/m1/s1. The van der Waals surface area contributed by atoms with Crippen molar-refractivity contribution < 1.29 is 43.0 Å². The molecule has 0 radical (unpaired) electrons. The van der Waals surface area contributed by atoms with Crippen LogP contribution in [-0.2, 0) is 31.1 Å². The van der Waals surface area contributed by atoms with Crippen LogP contribution in [0.3, 0.4) is 0 Å². The molecule has 2 atom stereocenters. The number of fused-ring (bicyclic) bond motifs is 2. The average Bonchev–Trinajstić information content (AvgIpc) is 3.89. The van der Waals surface area contributed by atoms with Gasteiger partial charge in [0, 0.05) is 48.4 Å². The number of amides is 8. The predicted octanol–water partition coefficient (Wildman–Crippen LogP) is 3.00. The molecule has 1 saturated heterocycles. The Labute approximate surface area is 369 Å². The normalized spacial score (nSPS) is 16.9. The lowest BCUT2D eigenvalue weighted by Crippen LogP contribution is -2.54. The van der Waals surface area contributed by atoms with E-state index in [0.29, 0.717) is 41.3 Å². The molecule has 4 aromatic rings. The van der Waals surface area contributed by atoms with E-state index in [9.17, 15) is 33.6 Å². The molecular formula is C45H52N10O9. The summed E-state index contributed by atoms with van der Waals surface area (Å²) in [5, 5.41) is 21.5. The van der Waals surface area contributed by atoms with Crippen LogP contribution in [0.2, 0.25) is 0 Å². The number of nitrogens with zero attached hydrogens (tertiary/aromatic N) is 4. The van der Waals surface area contributed by atoms with Gasteiger partial charge in [-0.15, -0.1) is 0 Å². The summed E-state index contributed by atoms with van der Waals surface area (Å²) >= 11 is 0. The number of aromatic nitrogens is 2. The lowest BCUT2D eigenvalue weighted by atomic mass is 10.0. The molecule has 8 amide bonds. The van der Waals surface area contributed by atoms with Gasteiger partial charge < -0.3 is 40.5 Å². The maximum atomic E-state index is 13.7. The number of piperidine rings is 1. The summed E-state index contributed by atoms with van der Waals surface area (Å²) in [6, 6.07) is 19.3. The van der Waals surface area contributed by atoms with Crippen LogP contribution in [0.25, 0.3) is 0 Å². The number of urea groups is 1. The monoisotopic (exact) mass is 876 g/mol. The number of hydrogen-bond acceptors (Lipinski definition) is 12. The van der Waals surface area contributed by atoms with E-state index < -0.39 is 41.1 Å². The molecule has 6 N–H and O–H groups in total. The van der Waals surface area contributed by atoms with Crippen molar-refractivity contribution in [2.24, 2.45) is 0 Å². The largest absolute Gasteiger partial charge is 0.382 e. The summed E-state index contributed by atoms with van der Waals surface area (Å²) in [6.07, 6.45) is 0.116. The fourth-order valence-electron chi connectivity index (χ4n) is 7.99. The summed E-state index contributed by atoms with van der Waals surface area (Å²) in [5.41, 5.74) is 3.18. The van der Waals surface area contributed by atoms with Gasteiger partial charge in [0.2, 0.25) is 11.8 Å². The first-order valence-electron chi connectivity index (χ1n) is 21.0. The SMILES string of the molecule is CN(C)C[C@@H](NC(=O)N1Cc2c(NC(=O)c3ccc(C(=O)NCCOCCOCCNc4cccc5c4C(=O)N(C4CCC(=O)NC4=O)C5=O)cc3)n[nH]c2C1(C)C)c1ccccc1. The van der Waals surface area contributed by atoms with Gasteiger partial charge in [0.05, 0.1) is 61.4 Å². The second kappa shape index (κ2) is 19.6. The molecule has 0 saturated carbocycles. The fraction of sp³-hybridized carbons (Fsp3) is 0.378. The Morgan fingerprint density at radius 2 is 1.55 bits per heavy atom. The van der Waals surface area contributed by atoms with Crippen molar-refractivity contribution in [1.29, 1.82) is 0 Å². The second-order valence-electron chi connectivity index (χ2n) is 16.4. The van der Waals surface area contributed by atoms with E-state index in [1.807, 2.05) is 63.2 Å². The molecule has 0 spiro atoms. The first kappa shape index (κ1) is 45.1. The number of anilines is 2. The number of H-pyrrole nitrogens is 1. The number of nitrogens with one attached hydrogen (secondary N) is 6. The van der Waals surface area contributed by atoms with E-state index in [4.69, 9.17) is 9.47 Å². The molecule has 0 bridgehead atoms. The van der Waals surface area contributed by atoms with Gasteiger partial charge in [0.15, 0.2) is 5.82 Å². The zero-order chi connectivity index (χ0) is 45.5. The summed E-state index contributed by atoms with van der Waals surface area (Å²) in [6.45, 7) is 6.30. The van der Waals surface area contributed by atoms with Crippen LogP contribution in [-0.4, -0.2) is 133 Å². The number of carbonyl (C=O) groups is 7. The minimum absolute atomic E-state index is 0.0401. The molecule has 336 valence electrons. The molecule has 19 nitrogen and oxygen atoms in total. The van der Waals surface area contributed by atoms with Gasteiger partial charge in [-0.25, -0.2) is 4.79 Å². The molecule has 1 unspecified atom stereocenters. The molecule has 3 aromatic carbocycles. The first-order valence-corrected chi connectivity index (χ1v) is 21.0. The number of imide groups is 2. The van der Waals surface area contributed by atoms with Crippen LogP contribution in [0.4, 0.5) is 16.3 Å². The van der Waals surface area contributed by atoms with E-state index in [1.165, 1.54) is 6.07 Å². The van der Waals surface area contributed by atoms with Gasteiger partial charge in [-0.05, 0) is 76.3 Å². The molecule has 19 heteroatoms. The van der Waals surface area contributed by atoms with Crippen LogP contribution in [0, 0.1) is 0 Å². The number of aromatic amines is 1. The maximum absolute atomic E-state index is 13.7. The summed E-state index contributed by atoms with van der Waals surface area (Å²) in [7, 11) is 3.91. The van der Waals surface area contributed by atoms with Crippen molar-refractivity contribution in [3.8, 4) is 0 Å². The van der Waals surface area contributed by atoms with E-state index in [2.05, 4.69) is 36.8 Å². The van der Waals surface area contributed by atoms with E-state index >= 15 is 0 Å². The lowest BCUT2D eigenvalue weighted by Gasteiger charge is -2.34. The van der Waals surface area contributed by atoms with Crippen LogP contribution < -0.4 is 26.6 Å². The molecule has 0 aliphatic carbocycles. The zero-order valence-corrected chi connectivity index (χ0v) is 36.1. The minimum Gasteiger partial charge on any atom is -0.382 e. The van der Waals surface area contributed by atoms with Crippen LogP contribution in [0.5, 0.6) is 0 Å². The molecule has 1 aromatic heterocycles. The topological polar surface area (TPSA) is 236 Å². The third-order valence-corrected chi connectivity index (χ3v) is 11.3. The molecule has 4 heterocycles. The summed E-state index contributed by atoms with van der Waals surface area (Å²) in [5.74, 6) is -2.71. The summed E-state index contributed by atoms with van der Waals surface area (Å²) < 4.78 is 11.2. The molecule has 64 heavy (non-hydrogen) atoms. The number of benzene rings is 3. The third-order valence-electron chi connectivity index (χ3n) is 11.3. The number of rotatable bonds is 18. The van der Waals surface area contributed by atoms with Gasteiger partial charge in [-0.3, -0.25) is 44.1 Å². The Bertz CT molecular complexity index is 2420. The third kappa shape index (κ3) is 9.80. The highest BCUT2D eigenvalue weighted by Crippen LogP contribution is 2.41. The Morgan fingerprint density at radius 3 is 2.23 bits per heavy atom. The smallest absolute Gasteiger partial charge is 0.319 e. The van der Waals surface area contributed by atoms with E-state index in [0.717, 1.165) is 16.2 Å². The molecule has 3 aliphatic heterocycles. The first-order chi connectivity index (χ1) is 30.7. The van der Waals surface area contributed by atoms with Gasteiger partial charge in [0.1, 0.15) is 6.04 Å². The van der Waals surface area contributed by atoms with Crippen LogP contribution in [0.1, 0.15) is 91.0 Å². The highest BCUT2D eigenvalue weighted by molar-refractivity contribution is 6.25. The van der Waals surface area contributed by atoms with Gasteiger partial charge in [-0.1, -0.05) is 36.4 Å². The van der Waals surface area contributed by atoms with Crippen molar-refractivity contribution in [3.63, 3.8) is 0 Å². The molecular weight excluding hydrogens is 825 g/mol. The molecule has 7 rings (SSSR count). The second-order valence-corrected chi connectivity index (χ2v) is 16.4. The highest BCUT2D eigenvalue weighted by Gasteiger charge is 2.46. The Kier molecular flexibility index (Phi) is 13.8. The Balaban J connectivity index is 0.799. The van der Waals surface area contributed by atoms with Gasteiger partial charge in [0.25, 0.3) is 23.6 Å². The number of ether oxygens (including phenoxy) is 2. The fourth-order valence-corrected chi connectivity index (χ4v) is 7.99. The highest BCUT2D eigenvalue weighted by atomic mass is 16.5. The lowest BCUT2D eigenvalue weighted by molar-refractivity contribution is -0.136. The van der Waals surface area contributed by atoms with Crippen molar-refractivity contribution >= 4 is 53.0 Å². The van der Waals surface area contributed by atoms with Crippen LogP contribution in [0.15, 0.2) is 72.8 Å². The van der Waals surface area contributed by atoms with Gasteiger partial charge in [-0.2, -0.15) is 5.10 Å². The minimum atomic E-state index is -1.05. The average molecular weight is 877 g/mol. The Hall–Kier alpha value is -6.96. The van der Waals surface area contributed by atoms with Crippen molar-refractivity contribution in [3.05, 3.63) is 112 Å². The number of carbonyl (C=O) groups excluding carboxylic acids is 7.